The Bertz CT molecular complexity index is 151. The van der Waals surface area contributed by atoms with Crippen molar-refractivity contribution in [3.63, 3.8) is 0 Å². The second kappa shape index (κ2) is 4.40. The number of rotatable bonds is 3. The molecular formula is C10H22N2O. The standard InChI is InChI=1S/C10H22N2O/c1-10(2,8-13-3)12-6-4-9(11)5-7-12/h9H,4-8,11H2,1-3H3. The molecule has 0 radical (unpaired) electrons. The molecule has 1 heterocycles. The lowest BCUT2D eigenvalue weighted by atomic mass is 9.97. The molecule has 0 amide bonds. The van der Waals surface area contributed by atoms with Crippen molar-refractivity contribution in [1.29, 1.82) is 0 Å². The van der Waals surface area contributed by atoms with Crippen LogP contribution in [0.2, 0.25) is 0 Å². The maximum atomic E-state index is 5.86. The molecule has 0 aromatic carbocycles. The van der Waals surface area contributed by atoms with Crippen molar-refractivity contribution < 1.29 is 4.74 Å². The summed E-state index contributed by atoms with van der Waals surface area (Å²) in [5, 5.41) is 0. The number of ether oxygens (including phenoxy) is 1. The van der Waals surface area contributed by atoms with Gasteiger partial charge in [0.25, 0.3) is 0 Å². The van der Waals surface area contributed by atoms with Crippen LogP contribution < -0.4 is 5.73 Å². The molecule has 0 unspecified atom stereocenters. The van der Waals surface area contributed by atoms with Crippen LogP contribution in [0.1, 0.15) is 26.7 Å². The zero-order chi connectivity index (χ0) is 9.90. The van der Waals surface area contributed by atoms with Crippen LogP contribution in [-0.4, -0.2) is 43.3 Å². The van der Waals surface area contributed by atoms with Gasteiger partial charge in [-0.25, -0.2) is 0 Å². The molecule has 2 N–H and O–H groups in total. The molecule has 1 saturated heterocycles. The van der Waals surface area contributed by atoms with Crippen LogP contribution in [0, 0.1) is 0 Å². The van der Waals surface area contributed by atoms with Crippen molar-refractivity contribution in [2.45, 2.75) is 38.3 Å². The lowest BCUT2D eigenvalue weighted by Gasteiger charge is -2.41. The van der Waals surface area contributed by atoms with E-state index < -0.39 is 0 Å². The summed E-state index contributed by atoms with van der Waals surface area (Å²) >= 11 is 0. The predicted octanol–water partition coefficient (Wildman–Crippen LogP) is 0.835. The second-order valence-electron chi connectivity index (χ2n) is 4.57. The molecule has 0 aromatic rings. The quantitative estimate of drug-likeness (QED) is 0.709. The van der Waals surface area contributed by atoms with Crippen molar-refractivity contribution in [1.82, 2.24) is 4.90 Å². The molecule has 0 atom stereocenters. The summed E-state index contributed by atoms with van der Waals surface area (Å²) in [6.45, 7) is 7.47. The second-order valence-corrected chi connectivity index (χ2v) is 4.57. The Balaban J connectivity index is 2.42. The summed E-state index contributed by atoms with van der Waals surface area (Å²) in [6, 6.07) is 0.412. The minimum absolute atomic E-state index is 0.162. The molecule has 3 nitrogen and oxygen atoms in total. The molecule has 0 aliphatic carbocycles. The number of nitrogens with zero attached hydrogens (tertiary/aromatic N) is 1. The third-order valence-electron chi connectivity index (χ3n) is 2.89. The number of hydrogen-bond donors (Lipinski definition) is 1. The highest BCUT2D eigenvalue weighted by atomic mass is 16.5. The average molecular weight is 186 g/mol. The van der Waals surface area contributed by atoms with Gasteiger partial charge in [0.2, 0.25) is 0 Å². The molecule has 1 fully saturated rings. The highest BCUT2D eigenvalue weighted by Gasteiger charge is 2.29. The topological polar surface area (TPSA) is 38.5 Å². The highest BCUT2D eigenvalue weighted by Crippen LogP contribution is 2.20. The lowest BCUT2D eigenvalue weighted by Crippen LogP contribution is -2.52. The molecule has 1 rings (SSSR count). The van der Waals surface area contributed by atoms with E-state index in [9.17, 15) is 0 Å². The van der Waals surface area contributed by atoms with Crippen molar-refractivity contribution in [3.8, 4) is 0 Å². The van der Waals surface area contributed by atoms with Gasteiger partial charge in [0, 0.05) is 31.8 Å². The van der Waals surface area contributed by atoms with E-state index in [0.717, 1.165) is 32.5 Å². The van der Waals surface area contributed by atoms with Crippen LogP contribution >= 0.6 is 0 Å². The Morgan fingerprint density at radius 2 is 1.92 bits per heavy atom. The highest BCUT2D eigenvalue weighted by molar-refractivity contribution is 4.86. The Morgan fingerprint density at radius 1 is 1.38 bits per heavy atom. The summed E-state index contributed by atoms with van der Waals surface area (Å²) in [4.78, 5) is 2.47. The summed E-state index contributed by atoms with van der Waals surface area (Å²) in [7, 11) is 1.76. The van der Waals surface area contributed by atoms with E-state index in [1.807, 2.05) is 0 Å². The van der Waals surface area contributed by atoms with Crippen LogP contribution in [0.4, 0.5) is 0 Å². The smallest absolute Gasteiger partial charge is 0.0641 e. The van der Waals surface area contributed by atoms with Gasteiger partial charge in [-0.2, -0.15) is 0 Å². The summed E-state index contributed by atoms with van der Waals surface area (Å²) in [5.74, 6) is 0. The molecule has 0 spiro atoms. The maximum Gasteiger partial charge on any atom is 0.0641 e. The van der Waals surface area contributed by atoms with Gasteiger partial charge in [-0.05, 0) is 26.7 Å². The fourth-order valence-electron chi connectivity index (χ4n) is 1.95. The van der Waals surface area contributed by atoms with E-state index in [1.54, 1.807) is 7.11 Å². The Hall–Kier alpha value is -0.120. The Morgan fingerprint density at radius 3 is 2.38 bits per heavy atom. The molecule has 0 bridgehead atoms. The van der Waals surface area contributed by atoms with Crippen LogP contribution in [0.15, 0.2) is 0 Å². The number of nitrogens with two attached hydrogens (primary N) is 1. The number of hydrogen-bond acceptors (Lipinski definition) is 3. The first-order valence-corrected chi connectivity index (χ1v) is 5.06. The van der Waals surface area contributed by atoms with Gasteiger partial charge < -0.3 is 10.5 Å². The van der Waals surface area contributed by atoms with Gasteiger partial charge in [0.15, 0.2) is 0 Å². The molecule has 1 aliphatic heterocycles. The number of methoxy groups -OCH3 is 1. The summed E-state index contributed by atoms with van der Waals surface area (Å²) < 4.78 is 5.21. The lowest BCUT2D eigenvalue weighted by molar-refractivity contribution is 0.0191. The Labute approximate surface area is 81.2 Å². The largest absolute Gasteiger partial charge is 0.383 e. The molecule has 13 heavy (non-hydrogen) atoms. The van der Waals surface area contributed by atoms with Gasteiger partial charge >= 0.3 is 0 Å². The van der Waals surface area contributed by atoms with Gasteiger partial charge in [-0.3, -0.25) is 4.90 Å². The monoisotopic (exact) mass is 186 g/mol. The van der Waals surface area contributed by atoms with Crippen molar-refractivity contribution in [2.75, 3.05) is 26.8 Å². The minimum Gasteiger partial charge on any atom is -0.383 e. The van der Waals surface area contributed by atoms with Crippen molar-refractivity contribution in [2.24, 2.45) is 5.73 Å². The predicted molar refractivity (Wildman–Crippen MR) is 54.7 cm³/mol. The maximum absolute atomic E-state index is 5.86. The molecule has 78 valence electrons. The number of piperidine rings is 1. The van der Waals surface area contributed by atoms with Gasteiger partial charge in [-0.15, -0.1) is 0 Å². The summed E-state index contributed by atoms with van der Waals surface area (Å²) in [6.07, 6.45) is 2.24. The van der Waals surface area contributed by atoms with E-state index in [-0.39, 0.29) is 5.54 Å². The van der Waals surface area contributed by atoms with Gasteiger partial charge in [-0.1, -0.05) is 0 Å². The molecular weight excluding hydrogens is 164 g/mol. The zero-order valence-corrected chi connectivity index (χ0v) is 9.05. The first-order chi connectivity index (χ1) is 6.06. The number of likely N-dealkylation sites (tertiary alicyclic amines) is 1. The van der Waals surface area contributed by atoms with Crippen LogP contribution in [0.25, 0.3) is 0 Å². The molecule has 3 heteroatoms. The van der Waals surface area contributed by atoms with E-state index in [0.29, 0.717) is 6.04 Å². The van der Waals surface area contributed by atoms with Crippen LogP contribution in [-0.2, 0) is 4.74 Å². The van der Waals surface area contributed by atoms with E-state index in [2.05, 4.69) is 18.7 Å². The van der Waals surface area contributed by atoms with E-state index in [1.165, 1.54) is 0 Å². The van der Waals surface area contributed by atoms with Gasteiger partial charge in [0.05, 0.1) is 6.61 Å². The van der Waals surface area contributed by atoms with Crippen molar-refractivity contribution >= 4 is 0 Å². The van der Waals surface area contributed by atoms with E-state index >= 15 is 0 Å². The van der Waals surface area contributed by atoms with Gasteiger partial charge in [0.1, 0.15) is 0 Å². The normalized spacial score (nSPS) is 22.2. The third-order valence-corrected chi connectivity index (χ3v) is 2.89. The average Bonchev–Trinajstić information content (AvgIpc) is 2.05. The molecule has 0 saturated carbocycles. The molecule has 0 aromatic heterocycles. The summed E-state index contributed by atoms with van der Waals surface area (Å²) in [5.41, 5.74) is 6.02. The fraction of sp³-hybridized carbons (Fsp3) is 1.00. The first-order valence-electron chi connectivity index (χ1n) is 5.06. The minimum atomic E-state index is 0.162. The third kappa shape index (κ3) is 2.93. The Kier molecular flexibility index (Phi) is 3.71. The fourth-order valence-corrected chi connectivity index (χ4v) is 1.95. The van der Waals surface area contributed by atoms with Crippen LogP contribution in [0.5, 0.6) is 0 Å². The molecule has 1 aliphatic rings. The van der Waals surface area contributed by atoms with E-state index in [4.69, 9.17) is 10.5 Å². The van der Waals surface area contributed by atoms with Crippen LogP contribution in [0.3, 0.4) is 0 Å². The van der Waals surface area contributed by atoms with Crippen molar-refractivity contribution in [3.05, 3.63) is 0 Å². The SMILES string of the molecule is COCC(C)(C)N1CCC(N)CC1. The zero-order valence-electron chi connectivity index (χ0n) is 9.05. The first kappa shape index (κ1) is 11.0.